The van der Waals surface area contributed by atoms with E-state index < -0.39 is 81.5 Å². The minimum atomic E-state index is -6.71. The number of amides is 2. The molecule has 0 bridgehead atoms. The summed E-state index contributed by atoms with van der Waals surface area (Å²) in [7, 11) is 0. The van der Waals surface area contributed by atoms with Crippen LogP contribution in [-0.4, -0.2) is 24.2 Å². The number of hydrogen-bond donors (Lipinski definition) is 2. The lowest BCUT2D eigenvalue weighted by molar-refractivity contribution is -0.348. The number of carbonyl (C=O) groups excluding carboxylic acids is 2. The lowest BCUT2D eigenvalue weighted by atomic mass is 9.90. The first-order valence-electron chi connectivity index (χ1n) is 11.0. The molecule has 17 heteroatoms. The van der Waals surface area contributed by atoms with E-state index in [-0.39, 0.29) is 21.7 Å². The second kappa shape index (κ2) is 11.2. The number of alkyl halides is 10. The summed E-state index contributed by atoms with van der Waals surface area (Å²) in [6.07, 6.45) is -19.1. The van der Waals surface area contributed by atoms with E-state index in [0.29, 0.717) is 6.92 Å². The third-order valence-corrected chi connectivity index (χ3v) is 6.27. The van der Waals surface area contributed by atoms with Crippen molar-refractivity contribution in [3.63, 3.8) is 0 Å². The van der Waals surface area contributed by atoms with Crippen LogP contribution in [0.3, 0.4) is 0 Å². The largest absolute Gasteiger partial charge is 0.435 e. The van der Waals surface area contributed by atoms with Crippen molar-refractivity contribution in [2.75, 3.05) is 10.6 Å². The first kappa shape index (κ1) is 32.9. The molecule has 2 N–H and O–H groups in total. The minimum absolute atomic E-state index is 0.138. The van der Waals surface area contributed by atoms with Gasteiger partial charge >= 0.3 is 24.2 Å². The second-order valence-electron chi connectivity index (χ2n) is 8.57. The molecule has 2 amide bonds. The van der Waals surface area contributed by atoms with Crippen molar-refractivity contribution in [3.8, 4) is 0 Å². The first-order chi connectivity index (χ1) is 19.1. The summed E-state index contributed by atoms with van der Waals surface area (Å²) in [6, 6.07) is 5.47. The van der Waals surface area contributed by atoms with Crippen molar-refractivity contribution in [2.45, 2.75) is 31.1 Å². The molecule has 0 unspecified atom stereocenters. The molecule has 0 atom stereocenters. The van der Waals surface area contributed by atoms with Gasteiger partial charge in [0.05, 0.1) is 33.1 Å². The van der Waals surface area contributed by atoms with Crippen LogP contribution in [0.15, 0.2) is 48.5 Å². The normalized spacial score (nSPS) is 12.7. The Bertz CT molecular complexity index is 1540. The molecule has 0 fully saturated rings. The van der Waals surface area contributed by atoms with E-state index >= 15 is 4.39 Å². The molecule has 42 heavy (non-hydrogen) atoms. The Morgan fingerprint density at radius 2 is 1.31 bits per heavy atom. The molecule has 0 aromatic heterocycles. The van der Waals surface area contributed by atoms with Crippen LogP contribution in [0.2, 0.25) is 10.0 Å². The van der Waals surface area contributed by atoms with Gasteiger partial charge in [0.25, 0.3) is 11.8 Å². The van der Waals surface area contributed by atoms with Gasteiger partial charge in [-0.1, -0.05) is 35.3 Å². The number of aryl methyl sites for hydroxylation is 1. The van der Waals surface area contributed by atoms with Gasteiger partial charge in [-0.05, 0) is 48.9 Å². The van der Waals surface area contributed by atoms with Gasteiger partial charge in [-0.25, -0.2) is 8.78 Å². The van der Waals surface area contributed by atoms with Crippen LogP contribution in [0.25, 0.3) is 0 Å². The number of rotatable bonds is 5. The molecule has 0 saturated heterocycles. The number of nitrogens with one attached hydrogen (secondary N) is 2. The predicted octanol–water partition coefficient (Wildman–Crippen LogP) is 9.25. The van der Waals surface area contributed by atoms with Crippen LogP contribution in [0.5, 0.6) is 0 Å². The Morgan fingerprint density at radius 3 is 1.83 bits per heavy atom. The highest BCUT2D eigenvalue weighted by Gasteiger charge is 2.73. The molecule has 226 valence electrons. The molecule has 4 nitrogen and oxygen atoms in total. The molecule has 3 aromatic rings. The van der Waals surface area contributed by atoms with E-state index in [1.54, 1.807) is 5.32 Å². The Morgan fingerprint density at radius 1 is 0.738 bits per heavy atom. The number of carbonyl (C=O) groups is 2. The topological polar surface area (TPSA) is 58.2 Å². The third kappa shape index (κ3) is 6.26. The Hall–Kier alpha value is -3.59. The van der Waals surface area contributed by atoms with Crippen LogP contribution in [0.4, 0.5) is 59.7 Å². The Balaban J connectivity index is 2.04. The van der Waals surface area contributed by atoms with Gasteiger partial charge in [0.1, 0.15) is 0 Å². The highest BCUT2D eigenvalue weighted by Crippen LogP contribution is 2.54. The van der Waals surface area contributed by atoms with E-state index in [1.165, 1.54) is 18.2 Å². The van der Waals surface area contributed by atoms with Crippen LogP contribution in [0.1, 0.15) is 37.4 Å². The average molecular weight is 653 g/mol. The molecule has 0 aliphatic rings. The average Bonchev–Trinajstić information content (AvgIpc) is 2.83. The van der Waals surface area contributed by atoms with Gasteiger partial charge in [-0.2, -0.15) is 39.5 Å². The van der Waals surface area contributed by atoms with Crippen LogP contribution < -0.4 is 10.6 Å². The lowest BCUT2D eigenvalue weighted by Gasteiger charge is -2.31. The zero-order chi connectivity index (χ0) is 32.0. The molecule has 3 aromatic carbocycles. The fourth-order valence-electron chi connectivity index (χ4n) is 3.71. The van der Waals surface area contributed by atoms with Gasteiger partial charge in [-0.15, -0.1) is 0 Å². The highest BCUT2D eigenvalue weighted by molar-refractivity contribution is 6.37. The van der Waals surface area contributed by atoms with Crippen molar-refractivity contribution >= 4 is 46.4 Å². The third-order valence-electron chi connectivity index (χ3n) is 5.73. The molecule has 0 aliphatic carbocycles. The number of benzene rings is 3. The van der Waals surface area contributed by atoms with Gasteiger partial charge < -0.3 is 10.6 Å². The number of hydrogen-bond acceptors (Lipinski definition) is 2. The summed E-state index contributed by atoms with van der Waals surface area (Å²) in [5.74, 6) is -4.11. The maximum absolute atomic E-state index is 15.1. The van der Waals surface area contributed by atoms with Crippen molar-refractivity contribution < 1.29 is 57.9 Å². The molecule has 0 saturated carbocycles. The molecule has 0 aliphatic heterocycles. The standard InChI is InChI=1S/C25H13Cl2F11N2O2/c1-10-7-11(22(29,24(33,34)35)25(36,37)38)8-15(23(30,31)32)19(10)40-21(42)14-3-2-4-17(18(14)28)39-20(41)13-6-5-12(26)9-16(13)27/h2-9H,1H3,(H,39,41)(H,40,42). The molecule has 0 radical (unpaired) electrons. The van der Waals surface area contributed by atoms with Gasteiger partial charge in [0.15, 0.2) is 5.82 Å². The van der Waals surface area contributed by atoms with Crippen molar-refractivity contribution in [1.29, 1.82) is 0 Å². The smallest absolute Gasteiger partial charge is 0.321 e. The van der Waals surface area contributed by atoms with E-state index in [4.69, 9.17) is 23.2 Å². The minimum Gasteiger partial charge on any atom is -0.321 e. The molecule has 0 heterocycles. The fourth-order valence-corrected chi connectivity index (χ4v) is 4.21. The molecular weight excluding hydrogens is 640 g/mol. The summed E-state index contributed by atoms with van der Waals surface area (Å²) in [6.45, 7) is 0.574. The predicted molar refractivity (Wildman–Crippen MR) is 130 cm³/mol. The lowest BCUT2D eigenvalue weighted by Crippen LogP contribution is -2.50. The monoisotopic (exact) mass is 652 g/mol. The zero-order valence-electron chi connectivity index (χ0n) is 20.3. The van der Waals surface area contributed by atoms with E-state index in [9.17, 15) is 53.5 Å². The molecule has 3 rings (SSSR count). The summed E-state index contributed by atoms with van der Waals surface area (Å²) in [5, 5.41) is 3.71. The highest BCUT2D eigenvalue weighted by atomic mass is 35.5. The number of anilines is 2. The quantitative estimate of drug-likeness (QED) is 0.270. The van der Waals surface area contributed by atoms with E-state index in [1.807, 2.05) is 0 Å². The summed E-state index contributed by atoms with van der Waals surface area (Å²) < 4.78 is 150. The van der Waals surface area contributed by atoms with Crippen LogP contribution in [-0.2, 0) is 11.8 Å². The van der Waals surface area contributed by atoms with Crippen molar-refractivity contribution in [3.05, 3.63) is 92.2 Å². The van der Waals surface area contributed by atoms with Crippen molar-refractivity contribution in [1.82, 2.24) is 0 Å². The fraction of sp³-hybridized carbons (Fsp3) is 0.200. The van der Waals surface area contributed by atoms with Gasteiger partial charge in [0.2, 0.25) is 0 Å². The Labute approximate surface area is 238 Å². The van der Waals surface area contributed by atoms with E-state index in [0.717, 1.165) is 18.2 Å². The van der Waals surface area contributed by atoms with Crippen molar-refractivity contribution in [2.24, 2.45) is 0 Å². The Kier molecular flexibility index (Phi) is 8.81. The summed E-state index contributed by atoms with van der Waals surface area (Å²) in [5.41, 5.74) is -15.2. The number of halogens is 13. The SMILES string of the molecule is Cc1cc(C(F)(C(F)(F)F)C(F)(F)F)cc(C(F)(F)F)c1NC(=O)c1cccc(NC(=O)c2ccc(Cl)cc2Cl)c1F. The van der Waals surface area contributed by atoms with Gasteiger partial charge in [0, 0.05) is 10.6 Å². The molecular formula is C25H13Cl2F11N2O2. The van der Waals surface area contributed by atoms with Crippen LogP contribution >= 0.6 is 23.2 Å². The van der Waals surface area contributed by atoms with Crippen LogP contribution in [0, 0.1) is 12.7 Å². The first-order valence-corrected chi connectivity index (χ1v) is 11.8. The second-order valence-corrected chi connectivity index (χ2v) is 9.41. The zero-order valence-corrected chi connectivity index (χ0v) is 21.9. The van der Waals surface area contributed by atoms with E-state index in [2.05, 4.69) is 5.32 Å². The summed E-state index contributed by atoms with van der Waals surface area (Å²) in [4.78, 5) is 25.3. The maximum Gasteiger partial charge on any atom is 0.435 e. The summed E-state index contributed by atoms with van der Waals surface area (Å²) >= 11 is 11.7. The molecule has 0 spiro atoms. The maximum atomic E-state index is 15.1. The van der Waals surface area contributed by atoms with Gasteiger partial charge in [-0.3, -0.25) is 9.59 Å².